The quantitative estimate of drug-likeness (QED) is 0.113. The van der Waals surface area contributed by atoms with E-state index in [-0.39, 0.29) is 16.7 Å². The lowest BCUT2D eigenvalue weighted by Crippen LogP contribution is -2.40. The van der Waals surface area contributed by atoms with E-state index in [1.807, 2.05) is 24.3 Å². The van der Waals surface area contributed by atoms with E-state index in [1.54, 1.807) is 31.4 Å². The summed E-state index contributed by atoms with van der Waals surface area (Å²) in [6.07, 6.45) is 6.44. The summed E-state index contributed by atoms with van der Waals surface area (Å²) in [7, 11) is 1.67. The normalized spacial score (nSPS) is 15.8. The fourth-order valence-electron chi connectivity index (χ4n) is 6.36. The van der Waals surface area contributed by atoms with Crippen LogP contribution < -0.4 is 14.8 Å². The molecule has 8 heteroatoms. The number of fused-ring (bicyclic) bond motifs is 5. The van der Waals surface area contributed by atoms with E-state index >= 15 is 0 Å². The third kappa shape index (κ3) is 5.40. The first-order valence-corrected chi connectivity index (χ1v) is 14.7. The molecular weight excluding hydrogens is 534 g/mol. The number of amides is 1. The van der Waals surface area contributed by atoms with Gasteiger partial charge in [-0.1, -0.05) is 37.5 Å². The van der Waals surface area contributed by atoms with Crippen molar-refractivity contribution in [2.45, 2.75) is 57.0 Å². The number of hydrogen-bond acceptors (Lipinski definition) is 5. The summed E-state index contributed by atoms with van der Waals surface area (Å²) in [4.78, 5) is 13.5. The molecule has 0 radical (unpaired) electrons. The number of benzene rings is 3. The van der Waals surface area contributed by atoms with Gasteiger partial charge in [0.1, 0.15) is 23.9 Å². The van der Waals surface area contributed by atoms with Gasteiger partial charge in [-0.05, 0) is 72.7 Å². The van der Waals surface area contributed by atoms with Gasteiger partial charge in [0.05, 0.1) is 30.4 Å². The molecule has 1 aliphatic heterocycles. The Balaban J connectivity index is 1.40. The number of hydrogen-bond donors (Lipinski definition) is 4. The topological polar surface area (TPSA) is 96.6 Å². The van der Waals surface area contributed by atoms with Gasteiger partial charge in [-0.3, -0.25) is 10.2 Å². The Morgan fingerprint density at radius 2 is 1.90 bits per heavy atom. The van der Waals surface area contributed by atoms with Gasteiger partial charge in [-0.15, -0.1) is 12.6 Å². The van der Waals surface area contributed by atoms with Gasteiger partial charge in [0.15, 0.2) is 0 Å². The molecular formula is C33H35N3O4S. The predicted octanol–water partition coefficient (Wildman–Crippen LogP) is 6.71. The molecule has 2 aliphatic rings. The standard InChI is InChI=1S/C33H35N3O4S/c1-39-24-12-14-26-29(19-24)40-16-15-36-28-18-22(9-13-25(28)30(31(26)36)21-5-3-2-4-6-21)33(38)35-27(32(34)41)17-20-7-10-23(37)11-8-20/h7-14,18-19,21,27,37H,2-6,15-17H2,1H3,(H2,34,41)(H,35,38)/t27-/m0/s1. The van der Waals surface area contributed by atoms with Crippen molar-refractivity contribution in [1.29, 1.82) is 5.41 Å². The molecule has 0 saturated heterocycles. The smallest absolute Gasteiger partial charge is 0.251 e. The first-order valence-electron chi connectivity index (χ1n) is 14.3. The SMILES string of the molecule is COc1ccc2c(c1)OCCn1c-2c(C2CCCCC2)c2ccc(C(=O)N[C@@H](Cc3ccc(O)cc3)C(=N)S)cc21. The number of thiol groups is 1. The predicted molar refractivity (Wildman–Crippen MR) is 165 cm³/mol. The maximum Gasteiger partial charge on any atom is 0.251 e. The first kappa shape index (κ1) is 27.3. The zero-order valence-corrected chi connectivity index (χ0v) is 24.0. The highest BCUT2D eigenvalue weighted by Crippen LogP contribution is 2.47. The Morgan fingerprint density at radius 1 is 1.12 bits per heavy atom. The Morgan fingerprint density at radius 3 is 2.63 bits per heavy atom. The number of aromatic hydroxyl groups is 1. The van der Waals surface area contributed by atoms with Crippen LogP contribution in [0.3, 0.4) is 0 Å². The average molecular weight is 570 g/mol. The lowest BCUT2D eigenvalue weighted by atomic mass is 9.81. The number of nitrogens with one attached hydrogen (secondary N) is 2. The zero-order valence-electron chi connectivity index (χ0n) is 23.2. The van der Waals surface area contributed by atoms with Crippen molar-refractivity contribution < 1.29 is 19.4 Å². The molecule has 3 N–H and O–H groups in total. The summed E-state index contributed by atoms with van der Waals surface area (Å²) >= 11 is 4.26. The van der Waals surface area contributed by atoms with Gasteiger partial charge < -0.3 is 24.5 Å². The fourth-order valence-corrected chi connectivity index (χ4v) is 6.52. The Labute approximate surface area is 245 Å². The molecule has 7 nitrogen and oxygen atoms in total. The largest absolute Gasteiger partial charge is 0.508 e. The zero-order chi connectivity index (χ0) is 28.5. The summed E-state index contributed by atoms with van der Waals surface area (Å²) in [6.45, 7) is 1.19. The lowest BCUT2D eigenvalue weighted by molar-refractivity contribution is 0.0947. The minimum absolute atomic E-state index is 0.0767. The number of carbonyl (C=O) groups excluding carboxylic acids is 1. The fraction of sp³-hybridized carbons (Fsp3) is 0.333. The second-order valence-corrected chi connectivity index (χ2v) is 11.5. The monoisotopic (exact) mass is 569 g/mol. The summed E-state index contributed by atoms with van der Waals surface area (Å²) < 4.78 is 14.0. The van der Waals surface area contributed by atoms with Crippen LogP contribution in [-0.2, 0) is 13.0 Å². The average Bonchev–Trinajstić information content (AvgIpc) is 3.19. The molecule has 2 heterocycles. The van der Waals surface area contributed by atoms with Gasteiger partial charge in [-0.2, -0.15) is 0 Å². The number of ether oxygens (including phenoxy) is 2. The van der Waals surface area contributed by atoms with Crippen LogP contribution in [0.15, 0.2) is 60.7 Å². The number of methoxy groups -OCH3 is 1. The number of aromatic nitrogens is 1. The highest BCUT2D eigenvalue weighted by atomic mass is 32.1. The van der Waals surface area contributed by atoms with Crippen molar-refractivity contribution in [3.05, 3.63) is 77.4 Å². The van der Waals surface area contributed by atoms with E-state index in [4.69, 9.17) is 14.9 Å². The van der Waals surface area contributed by atoms with E-state index in [1.165, 1.54) is 35.9 Å². The van der Waals surface area contributed by atoms with E-state index < -0.39 is 6.04 Å². The van der Waals surface area contributed by atoms with Crippen LogP contribution in [-0.4, -0.2) is 40.4 Å². The summed E-state index contributed by atoms with van der Waals surface area (Å²) in [6, 6.07) is 18.2. The molecule has 0 spiro atoms. The molecule has 3 aromatic carbocycles. The molecule has 0 unspecified atom stereocenters. The molecule has 6 rings (SSSR count). The van der Waals surface area contributed by atoms with Crippen LogP contribution in [0.2, 0.25) is 0 Å². The molecule has 1 aliphatic carbocycles. The van der Waals surface area contributed by atoms with E-state index in [9.17, 15) is 9.90 Å². The van der Waals surface area contributed by atoms with E-state index in [0.29, 0.717) is 31.1 Å². The number of rotatable bonds is 7. The summed E-state index contributed by atoms with van der Waals surface area (Å²) in [5.74, 6) is 1.97. The maximum atomic E-state index is 13.5. The van der Waals surface area contributed by atoms with Crippen LogP contribution in [0.25, 0.3) is 22.2 Å². The van der Waals surface area contributed by atoms with Crippen molar-refractivity contribution in [1.82, 2.24) is 9.88 Å². The number of carbonyl (C=O) groups is 1. The van der Waals surface area contributed by atoms with Crippen molar-refractivity contribution in [2.75, 3.05) is 13.7 Å². The second kappa shape index (κ2) is 11.5. The van der Waals surface area contributed by atoms with Crippen molar-refractivity contribution in [2.24, 2.45) is 0 Å². The molecule has 1 atom stereocenters. The Kier molecular flexibility index (Phi) is 7.67. The molecule has 1 fully saturated rings. The highest BCUT2D eigenvalue weighted by Gasteiger charge is 2.30. The van der Waals surface area contributed by atoms with Crippen LogP contribution in [0.5, 0.6) is 17.2 Å². The minimum atomic E-state index is -0.580. The summed E-state index contributed by atoms with van der Waals surface area (Å²) in [5, 5.41) is 22.0. The van der Waals surface area contributed by atoms with Gasteiger partial charge >= 0.3 is 0 Å². The first-order chi connectivity index (χ1) is 19.9. The van der Waals surface area contributed by atoms with Gasteiger partial charge in [0.2, 0.25) is 0 Å². The van der Waals surface area contributed by atoms with Crippen LogP contribution >= 0.6 is 12.6 Å². The minimum Gasteiger partial charge on any atom is -0.508 e. The number of nitrogens with zero attached hydrogens (tertiary/aromatic N) is 1. The second-order valence-electron chi connectivity index (χ2n) is 11.0. The van der Waals surface area contributed by atoms with Crippen molar-refractivity contribution >= 4 is 34.5 Å². The molecule has 1 saturated carbocycles. The molecule has 4 aromatic rings. The van der Waals surface area contributed by atoms with Crippen LogP contribution in [0, 0.1) is 5.41 Å². The molecule has 0 bridgehead atoms. The van der Waals surface area contributed by atoms with E-state index in [0.717, 1.165) is 41.0 Å². The number of phenolic OH excluding ortho intramolecular Hbond substituents is 1. The Bertz CT molecular complexity index is 1610. The third-order valence-electron chi connectivity index (χ3n) is 8.41. The lowest BCUT2D eigenvalue weighted by Gasteiger charge is -2.23. The van der Waals surface area contributed by atoms with Gasteiger partial charge in [0, 0.05) is 28.1 Å². The third-order valence-corrected chi connectivity index (χ3v) is 8.72. The van der Waals surface area contributed by atoms with Crippen molar-refractivity contribution in [3.8, 4) is 28.5 Å². The van der Waals surface area contributed by atoms with E-state index in [2.05, 4.69) is 34.6 Å². The van der Waals surface area contributed by atoms with Gasteiger partial charge in [-0.25, -0.2) is 0 Å². The maximum absolute atomic E-state index is 13.5. The van der Waals surface area contributed by atoms with Crippen LogP contribution in [0.4, 0.5) is 0 Å². The molecule has 41 heavy (non-hydrogen) atoms. The van der Waals surface area contributed by atoms with Crippen molar-refractivity contribution in [3.63, 3.8) is 0 Å². The highest BCUT2D eigenvalue weighted by molar-refractivity contribution is 7.97. The molecule has 1 amide bonds. The number of phenols is 1. The van der Waals surface area contributed by atoms with Crippen LogP contribution in [0.1, 0.15) is 59.5 Å². The Hall–Kier alpha value is -3.91. The molecule has 1 aromatic heterocycles. The van der Waals surface area contributed by atoms with Gasteiger partial charge in [0.25, 0.3) is 5.91 Å². The summed E-state index contributed by atoms with van der Waals surface area (Å²) in [5.41, 5.74) is 6.05. The molecule has 212 valence electrons.